The van der Waals surface area contributed by atoms with Gasteiger partial charge in [0.1, 0.15) is 6.54 Å². The van der Waals surface area contributed by atoms with Crippen LogP contribution in [0.3, 0.4) is 0 Å². The number of carbonyl (C=O) groups is 1. The van der Waals surface area contributed by atoms with E-state index in [0.29, 0.717) is 25.5 Å². The van der Waals surface area contributed by atoms with E-state index >= 15 is 0 Å². The van der Waals surface area contributed by atoms with E-state index in [1.165, 1.54) is 0 Å². The van der Waals surface area contributed by atoms with Crippen molar-refractivity contribution in [3.05, 3.63) is 30.2 Å². The molecule has 2 N–H and O–H groups in total. The van der Waals surface area contributed by atoms with Gasteiger partial charge in [-0.25, -0.2) is 4.99 Å². The molecule has 0 aromatic carbocycles. The fraction of sp³-hybridized carbons (Fsp3) is 0.529. The largest absolute Gasteiger partial charge is 0.357 e. The number of aliphatic imine (C=N–C) groups is 1. The van der Waals surface area contributed by atoms with Gasteiger partial charge in [0.15, 0.2) is 17.4 Å². The molecule has 0 atom stereocenters. The van der Waals surface area contributed by atoms with Crippen LogP contribution in [0.2, 0.25) is 0 Å². The summed E-state index contributed by atoms with van der Waals surface area (Å²) in [6, 6.07) is 5.78. The molecule has 0 spiro atoms. The number of carbonyl (C=O) groups excluding carboxylic acids is 1. The van der Waals surface area contributed by atoms with Crippen molar-refractivity contribution in [1.29, 1.82) is 0 Å². The molecule has 0 unspecified atom stereocenters. The lowest BCUT2D eigenvalue weighted by atomic mass is 10.3. The normalized spacial score (nSPS) is 14.9. The molecule has 2 aromatic rings. The minimum atomic E-state index is 0.212. The second-order valence-corrected chi connectivity index (χ2v) is 6.00. The third-order valence-electron chi connectivity index (χ3n) is 4.20. The van der Waals surface area contributed by atoms with Crippen molar-refractivity contribution in [3.8, 4) is 0 Å². The van der Waals surface area contributed by atoms with Crippen LogP contribution in [-0.2, 0) is 11.3 Å². The van der Waals surface area contributed by atoms with Crippen molar-refractivity contribution in [2.45, 2.75) is 32.7 Å². The first-order valence-electron chi connectivity index (χ1n) is 8.86. The predicted octanol–water partition coefficient (Wildman–Crippen LogP) is 0.797. The molecule has 1 fully saturated rings. The first-order chi connectivity index (χ1) is 12.3. The number of likely N-dealkylation sites (tertiary alicyclic amines) is 1. The van der Waals surface area contributed by atoms with Crippen LogP contribution in [-0.4, -0.2) is 57.5 Å². The highest BCUT2D eigenvalue weighted by molar-refractivity contribution is 5.81. The third-order valence-corrected chi connectivity index (χ3v) is 4.20. The number of rotatable bonds is 6. The number of fused-ring (bicyclic) bond motifs is 1. The zero-order valence-electron chi connectivity index (χ0n) is 14.6. The molecule has 8 heteroatoms. The summed E-state index contributed by atoms with van der Waals surface area (Å²) in [6.07, 6.45) is 4.65. The molecule has 0 saturated carbocycles. The lowest BCUT2D eigenvalue weighted by molar-refractivity contribution is -0.129. The number of amides is 1. The number of nitrogens with zero attached hydrogens (tertiary/aromatic N) is 5. The Balaban J connectivity index is 1.54. The molecule has 0 aliphatic carbocycles. The maximum atomic E-state index is 12.1. The quantitative estimate of drug-likeness (QED) is 0.598. The molecule has 1 saturated heterocycles. The Labute approximate surface area is 147 Å². The summed E-state index contributed by atoms with van der Waals surface area (Å²) in [5.41, 5.74) is 0.807. The summed E-state index contributed by atoms with van der Waals surface area (Å²) in [6.45, 7) is 5.55. The molecule has 3 heterocycles. The van der Waals surface area contributed by atoms with Gasteiger partial charge in [0.25, 0.3) is 0 Å². The van der Waals surface area contributed by atoms with E-state index in [0.717, 1.165) is 43.9 Å². The highest BCUT2D eigenvalue weighted by Crippen LogP contribution is 2.08. The van der Waals surface area contributed by atoms with E-state index in [2.05, 4.69) is 25.8 Å². The first kappa shape index (κ1) is 17.2. The Morgan fingerprint density at radius 1 is 1.24 bits per heavy atom. The van der Waals surface area contributed by atoms with Crippen molar-refractivity contribution >= 4 is 17.5 Å². The van der Waals surface area contributed by atoms with Crippen molar-refractivity contribution < 1.29 is 4.79 Å². The molecule has 134 valence electrons. The van der Waals surface area contributed by atoms with Crippen molar-refractivity contribution in [2.24, 2.45) is 4.99 Å². The van der Waals surface area contributed by atoms with E-state index in [1.54, 1.807) is 0 Å². The topological polar surface area (TPSA) is 86.9 Å². The van der Waals surface area contributed by atoms with Gasteiger partial charge in [0, 0.05) is 38.8 Å². The average molecular weight is 343 g/mol. The summed E-state index contributed by atoms with van der Waals surface area (Å²) in [5.74, 6) is 1.68. The minimum Gasteiger partial charge on any atom is -0.357 e. The fourth-order valence-electron chi connectivity index (χ4n) is 2.90. The maximum absolute atomic E-state index is 12.1. The summed E-state index contributed by atoms with van der Waals surface area (Å²) in [5, 5.41) is 14.7. The van der Waals surface area contributed by atoms with E-state index in [1.807, 2.05) is 40.6 Å². The van der Waals surface area contributed by atoms with E-state index < -0.39 is 0 Å². The zero-order chi connectivity index (χ0) is 17.5. The number of nitrogens with one attached hydrogen (secondary N) is 2. The summed E-state index contributed by atoms with van der Waals surface area (Å²) in [7, 11) is 0. The van der Waals surface area contributed by atoms with Gasteiger partial charge in [0.05, 0.1) is 0 Å². The van der Waals surface area contributed by atoms with Crippen molar-refractivity contribution in [1.82, 2.24) is 30.1 Å². The molecule has 2 aromatic heterocycles. The number of guanidine groups is 1. The second-order valence-electron chi connectivity index (χ2n) is 6.00. The van der Waals surface area contributed by atoms with Crippen LogP contribution in [0.4, 0.5) is 0 Å². The van der Waals surface area contributed by atoms with E-state index in [4.69, 9.17) is 0 Å². The third kappa shape index (κ3) is 4.46. The van der Waals surface area contributed by atoms with Gasteiger partial charge in [-0.15, -0.1) is 10.2 Å². The van der Waals surface area contributed by atoms with Gasteiger partial charge >= 0.3 is 0 Å². The zero-order valence-corrected chi connectivity index (χ0v) is 14.6. The SMILES string of the molecule is CCNC(=NCc1nnc2ccccn12)NCCC(=O)N1CCCC1. The maximum Gasteiger partial charge on any atom is 0.224 e. The Hall–Kier alpha value is -2.64. The molecule has 25 heavy (non-hydrogen) atoms. The van der Waals surface area contributed by atoms with Crippen LogP contribution in [0.1, 0.15) is 32.0 Å². The minimum absolute atomic E-state index is 0.212. The highest BCUT2D eigenvalue weighted by atomic mass is 16.2. The Morgan fingerprint density at radius 3 is 2.88 bits per heavy atom. The molecule has 0 radical (unpaired) electrons. The van der Waals surface area contributed by atoms with Crippen LogP contribution >= 0.6 is 0 Å². The lowest BCUT2D eigenvalue weighted by Gasteiger charge is -2.16. The Kier molecular flexibility index (Phi) is 5.81. The second kappa shape index (κ2) is 8.46. The number of hydrogen-bond acceptors (Lipinski definition) is 4. The standard InChI is InChI=1S/C17H25N7O/c1-2-18-17(19-9-8-16(25)23-10-5-6-11-23)20-13-15-22-21-14-7-3-4-12-24(14)15/h3-4,7,12H,2,5-6,8-11,13H2,1H3,(H2,18,19,20). The number of aromatic nitrogens is 3. The smallest absolute Gasteiger partial charge is 0.224 e. The molecule has 1 aliphatic heterocycles. The van der Waals surface area contributed by atoms with Crippen LogP contribution in [0, 0.1) is 0 Å². The highest BCUT2D eigenvalue weighted by Gasteiger charge is 2.17. The summed E-state index contributed by atoms with van der Waals surface area (Å²) < 4.78 is 1.92. The molecular formula is C17H25N7O. The van der Waals surface area contributed by atoms with Gasteiger partial charge in [0.2, 0.25) is 5.91 Å². The summed E-state index contributed by atoms with van der Waals surface area (Å²) >= 11 is 0. The van der Waals surface area contributed by atoms with Crippen LogP contribution < -0.4 is 10.6 Å². The lowest BCUT2D eigenvalue weighted by Crippen LogP contribution is -2.39. The molecular weight excluding hydrogens is 318 g/mol. The Bertz CT molecular complexity index is 733. The van der Waals surface area contributed by atoms with E-state index in [9.17, 15) is 4.79 Å². The van der Waals surface area contributed by atoms with Crippen molar-refractivity contribution in [3.63, 3.8) is 0 Å². The van der Waals surface area contributed by atoms with Gasteiger partial charge in [-0.1, -0.05) is 6.07 Å². The van der Waals surface area contributed by atoms with E-state index in [-0.39, 0.29) is 5.91 Å². The fourth-order valence-corrected chi connectivity index (χ4v) is 2.90. The van der Waals surface area contributed by atoms with Crippen LogP contribution in [0.5, 0.6) is 0 Å². The molecule has 1 amide bonds. The molecule has 3 rings (SSSR count). The average Bonchev–Trinajstić information content (AvgIpc) is 3.29. The molecule has 1 aliphatic rings. The monoisotopic (exact) mass is 343 g/mol. The van der Waals surface area contributed by atoms with Gasteiger partial charge in [-0.05, 0) is 31.9 Å². The Morgan fingerprint density at radius 2 is 2.08 bits per heavy atom. The van der Waals surface area contributed by atoms with Crippen molar-refractivity contribution in [2.75, 3.05) is 26.2 Å². The van der Waals surface area contributed by atoms with Crippen LogP contribution in [0.15, 0.2) is 29.4 Å². The number of hydrogen-bond donors (Lipinski definition) is 2. The summed E-state index contributed by atoms with van der Waals surface area (Å²) in [4.78, 5) is 18.6. The van der Waals surface area contributed by atoms with Gasteiger partial charge in [-0.3, -0.25) is 9.20 Å². The molecule has 0 bridgehead atoms. The first-order valence-corrected chi connectivity index (χ1v) is 8.86. The molecule has 8 nitrogen and oxygen atoms in total. The predicted molar refractivity (Wildman–Crippen MR) is 96.2 cm³/mol. The van der Waals surface area contributed by atoms with Gasteiger partial charge < -0.3 is 15.5 Å². The van der Waals surface area contributed by atoms with Crippen LogP contribution in [0.25, 0.3) is 5.65 Å². The number of pyridine rings is 1. The van der Waals surface area contributed by atoms with Gasteiger partial charge in [-0.2, -0.15) is 0 Å².